The number of benzene rings is 1. The molecule has 0 saturated carbocycles. The van der Waals surface area contributed by atoms with E-state index in [-0.39, 0.29) is 16.0 Å². The van der Waals surface area contributed by atoms with Crippen LogP contribution in [0, 0.1) is 15.5 Å². The van der Waals surface area contributed by atoms with Gasteiger partial charge in [0.2, 0.25) is 0 Å². The lowest BCUT2D eigenvalue weighted by Crippen LogP contribution is -2.37. The van der Waals surface area contributed by atoms with Crippen molar-refractivity contribution in [3.05, 3.63) is 33.9 Å². The van der Waals surface area contributed by atoms with E-state index in [2.05, 4.69) is 12.6 Å². The highest BCUT2D eigenvalue weighted by Gasteiger charge is 2.33. The van der Waals surface area contributed by atoms with Crippen LogP contribution in [0.5, 0.6) is 5.75 Å². The Morgan fingerprint density at radius 1 is 1.43 bits per heavy atom. The van der Waals surface area contributed by atoms with E-state index in [1.165, 1.54) is 0 Å². The molecule has 1 aliphatic rings. The van der Waals surface area contributed by atoms with Crippen LogP contribution in [0.4, 0.5) is 5.69 Å². The van der Waals surface area contributed by atoms with Crippen molar-refractivity contribution in [2.45, 2.75) is 26.2 Å². The van der Waals surface area contributed by atoms with Crippen LogP contribution >= 0.6 is 12.6 Å². The molecule has 1 aliphatic heterocycles. The number of thiol groups is 1. The predicted molar refractivity (Wildman–Crippen MR) is 84.3 cm³/mol. The van der Waals surface area contributed by atoms with Crippen molar-refractivity contribution in [1.82, 2.24) is 0 Å². The Labute approximate surface area is 130 Å². The molecule has 0 aliphatic carbocycles. The first-order valence-electron chi connectivity index (χ1n) is 7.19. The molecule has 0 bridgehead atoms. The van der Waals surface area contributed by atoms with Gasteiger partial charge in [-0.3, -0.25) is 10.1 Å². The Kier molecular flexibility index (Phi) is 5.47. The Morgan fingerprint density at radius 3 is 2.71 bits per heavy atom. The summed E-state index contributed by atoms with van der Waals surface area (Å²) in [7, 11) is 0. The van der Waals surface area contributed by atoms with Gasteiger partial charge in [0.05, 0.1) is 11.5 Å². The van der Waals surface area contributed by atoms with Gasteiger partial charge < -0.3 is 9.47 Å². The minimum absolute atomic E-state index is 0.0377. The summed E-state index contributed by atoms with van der Waals surface area (Å²) in [5, 5.41) is 11.2. The molecular formula is C15H21NO4S. The molecule has 1 fully saturated rings. The van der Waals surface area contributed by atoms with Gasteiger partial charge in [0.15, 0.2) is 5.75 Å². The first-order valence-corrected chi connectivity index (χ1v) is 7.82. The van der Waals surface area contributed by atoms with Crippen molar-refractivity contribution in [2.75, 3.05) is 25.6 Å². The zero-order valence-corrected chi connectivity index (χ0v) is 13.1. The van der Waals surface area contributed by atoms with Crippen molar-refractivity contribution in [3.8, 4) is 5.75 Å². The third kappa shape index (κ3) is 3.89. The maximum Gasteiger partial charge on any atom is 0.311 e. The Morgan fingerprint density at radius 2 is 2.14 bits per heavy atom. The number of nitro groups is 1. The molecule has 0 unspecified atom stereocenters. The molecule has 5 nitrogen and oxygen atoms in total. The summed E-state index contributed by atoms with van der Waals surface area (Å²) in [6.07, 6.45) is 2.51. The molecule has 21 heavy (non-hydrogen) atoms. The van der Waals surface area contributed by atoms with E-state index < -0.39 is 0 Å². The number of hydrogen-bond donors (Lipinski definition) is 1. The van der Waals surface area contributed by atoms with Gasteiger partial charge in [0.25, 0.3) is 0 Å². The molecule has 0 spiro atoms. The minimum atomic E-state index is -0.383. The van der Waals surface area contributed by atoms with Gasteiger partial charge in [-0.2, -0.15) is 12.6 Å². The highest BCUT2D eigenvalue weighted by Crippen LogP contribution is 2.35. The van der Waals surface area contributed by atoms with Crippen molar-refractivity contribution < 1.29 is 14.4 Å². The second-order valence-electron chi connectivity index (χ2n) is 5.47. The molecule has 1 heterocycles. The van der Waals surface area contributed by atoms with E-state index in [0.717, 1.165) is 24.8 Å². The molecule has 1 aromatic carbocycles. The summed E-state index contributed by atoms with van der Waals surface area (Å²) in [5.74, 6) is 1.03. The zero-order valence-electron chi connectivity index (χ0n) is 12.2. The second-order valence-corrected chi connectivity index (χ2v) is 5.79. The molecule has 1 aromatic rings. The number of aryl methyl sites for hydroxylation is 1. The quantitative estimate of drug-likeness (QED) is 0.497. The summed E-state index contributed by atoms with van der Waals surface area (Å²) >= 11 is 4.42. The largest absolute Gasteiger partial charge is 0.486 e. The van der Waals surface area contributed by atoms with Crippen LogP contribution in [0.1, 0.15) is 25.3 Å². The fraction of sp³-hybridized carbons (Fsp3) is 0.600. The van der Waals surface area contributed by atoms with E-state index in [9.17, 15) is 10.1 Å². The molecule has 0 radical (unpaired) electrons. The molecule has 6 heteroatoms. The Bertz CT molecular complexity index is 500. The minimum Gasteiger partial charge on any atom is -0.486 e. The van der Waals surface area contributed by atoms with Gasteiger partial charge in [0.1, 0.15) is 0 Å². The topological polar surface area (TPSA) is 61.6 Å². The van der Waals surface area contributed by atoms with E-state index >= 15 is 0 Å². The highest BCUT2D eigenvalue weighted by molar-refractivity contribution is 7.80. The fourth-order valence-corrected chi connectivity index (χ4v) is 2.84. The molecule has 116 valence electrons. The number of rotatable bonds is 6. The number of hydrogen-bond acceptors (Lipinski definition) is 5. The van der Waals surface area contributed by atoms with Gasteiger partial charge in [-0.1, -0.05) is 13.0 Å². The van der Waals surface area contributed by atoms with Gasteiger partial charge in [-0.25, -0.2) is 0 Å². The number of nitro benzene ring substituents is 1. The smallest absolute Gasteiger partial charge is 0.311 e. The molecule has 2 rings (SSSR count). The SMILES string of the molecule is CCc1ccc(OCC2(CS)CCOCC2)c([N+](=O)[O-])c1. The summed E-state index contributed by atoms with van der Waals surface area (Å²) in [6, 6.07) is 5.16. The molecule has 0 N–H and O–H groups in total. The monoisotopic (exact) mass is 311 g/mol. The second kappa shape index (κ2) is 7.13. The molecule has 0 aromatic heterocycles. The van der Waals surface area contributed by atoms with Gasteiger partial charge in [0, 0.05) is 24.7 Å². The first kappa shape index (κ1) is 16.1. The van der Waals surface area contributed by atoms with Crippen molar-refractivity contribution in [2.24, 2.45) is 5.41 Å². The van der Waals surface area contributed by atoms with Crippen LogP contribution in [0.2, 0.25) is 0 Å². The normalized spacial score (nSPS) is 17.4. The van der Waals surface area contributed by atoms with Crippen LogP contribution in [0.15, 0.2) is 18.2 Å². The van der Waals surface area contributed by atoms with E-state index in [1.54, 1.807) is 12.1 Å². The lowest BCUT2D eigenvalue weighted by molar-refractivity contribution is -0.386. The Hall–Kier alpha value is -1.27. The average molecular weight is 311 g/mol. The lowest BCUT2D eigenvalue weighted by Gasteiger charge is -2.35. The zero-order chi connectivity index (χ0) is 15.3. The predicted octanol–water partition coefficient (Wildman–Crippen LogP) is 3.26. The van der Waals surface area contributed by atoms with Crippen LogP contribution < -0.4 is 4.74 Å². The lowest BCUT2D eigenvalue weighted by atomic mass is 9.83. The standard InChI is InChI=1S/C15H21NO4S/c1-2-12-3-4-14(13(9-12)16(17)18)20-10-15(11-21)5-7-19-8-6-15/h3-4,9,21H,2,5-8,10-11H2,1H3. The summed E-state index contributed by atoms with van der Waals surface area (Å²) in [5.41, 5.74) is 0.915. The molecule has 0 atom stereocenters. The van der Waals surface area contributed by atoms with E-state index in [1.807, 2.05) is 13.0 Å². The molecular weight excluding hydrogens is 290 g/mol. The summed E-state index contributed by atoms with van der Waals surface area (Å²) in [4.78, 5) is 10.8. The highest BCUT2D eigenvalue weighted by atomic mass is 32.1. The van der Waals surface area contributed by atoms with Crippen LogP contribution in [0.3, 0.4) is 0 Å². The van der Waals surface area contributed by atoms with Crippen LogP contribution in [-0.2, 0) is 11.2 Å². The fourth-order valence-electron chi connectivity index (χ4n) is 2.43. The van der Waals surface area contributed by atoms with E-state index in [4.69, 9.17) is 9.47 Å². The summed E-state index contributed by atoms with van der Waals surface area (Å²) < 4.78 is 11.2. The Balaban J connectivity index is 2.13. The van der Waals surface area contributed by atoms with Gasteiger partial charge >= 0.3 is 5.69 Å². The van der Waals surface area contributed by atoms with Crippen molar-refractivity contribution in [1.29, 1.82) is 0 Å². The van der Waals surface area contributed by atoms with Gasteiger partial charge in [-0.15, -0.1) is 0 Å². The summed E-state index contributed by atoms with van der Waals surface area (Å²) in [6.45, 7) is 3.80. The van der Waals surface area contributed by atoms with E-state index in [0.29, 0.717) is 31.3 Å². The van der Waals surface area contributed by atoms with Crippen LogP contribution in [0.25, 0.3) is 0 Å². The number of ether oxygens (including phenoxy) is 2. The third-order valence-corrected chi connectivity index (χ3v) is 4.72. The first-order chi connectivity index (χ1) is 10.1. The average Bonchev–Trinajstić information content (AvgIpc) is 2.53. The van der Waals surface area contributed by atoms with Crippen LogP contribution in [-0.4, -0.2) is 30.5 Å². The maximum absolute atomic E-state index is 11.2. The van der Waals surface area contributed by atoms with Gasteiger partial charge in [-0.05, 0) is 36.6 Å². The number of nitrogens with zero attached hydrogens (tertiary/aromatic N) is 1. The third-order valence-electron chi connectivity index (χ3n) is 4.05. The maximum atomic E-state index is 11.2. The van der Waals surface area contributed by atoms with Crippen molar-refractivity contribution >= 4 is 18.3 Å². The molecule has 0 amide bonds. The molecule has 1 saturated heterocycles. The van der Waals surface area contributed by atoms with Crippen molar-refractivity contribution in [3.63, 3.8) is 0 Å².